The molecule has 0 spiro atoms. The normalized spacial score (nSPS) is 17.6. The minimum atomic E-state index is -1.64. The van der Waals surface area contributed by atoms with E-state index in [2.05, 4.69) is 10.6 Å². The van der Waals surface area contributed by atoms with E-state index in [4.69, 9.17) is 4.74 Å². The van der Waals surface area contributed by atoms with E-state index < -0.39 is 41.8 Å². The zero-order valence-corrected chi connectivity index (χ0v) is 17.8. The molecule has 0 bridgehead atoms. The highest BCUT2D eigenvalue weighted by Crippen LogP contribution is 2.28. The number of aliphatic hydroxyl groups is 1. The summed E-state index contributed by atoms with van der Waals surface area (Å²) in [5.41, 5.74) is 0.0573. The van der Waals surface area contributed by atoms with E-state index in [1.807, 2.05) is 30.3 Å². The Labute approximate surface area is 177 Å². The average molecular weight is 421 g/mol. The van der Waals surface area contributed by atoms with Crippen LogP contribution in [0.1, 0.15) is 52.0 Å². The minimum Gasteiger partial charge on any atom is -0.480 e. The number of hydrogen-bond acceptors (Lipinski definition) is 5. The van der Waals surface area contributed by atoms with Crippen LogP contribution >= 0.6 is 0 Å². The van der Waals surface area contributed by atoms with Gasteiger partial charge in [0.05, 0.1) is 6.04 Å². The first-order valence-electron chi connectivity index (χ1n) is 10.3. The quantitative estimate of drug-likeness (QED) is 0.511. The largest absolute Gasteiger partial charge is 0.480 e. The molecule has 2 amide bonds. The summed E-state index contributed by atoms with van der Waals surface area (Å²) >= 11 is 0. The van der Waals surface area contributed by atoms with Gasteiger partial charge in [0.25, 0.3) is 5.91 Å². The lowest BCUT2D eigenvalue weighted by atomic mass is 9.96. The number of ether oxygens (including phenoxy) is 1. The molecule has 0 radical (unpaired) electrons. The third kappa shape index (κ3) is 7.33. The fraction of sp³-hybridized carbons (Fsp3) is 0.591. The van der Waals surface area contributed by atoms with Crippen LogP contribution in [0.15, 0.2) is 30.3 Å². The lowest BCUT2D eigenvalue weighted by molar-refractivity contribution is -0.145. The Hall–Kier alpha value is -2.61. The number of amides is 2. The summed E-state index contributed by atoms with van der Waals surface area (Å²) in [5.74, 6) is -2.11. The van der Waals surface area contributed by atoms with E-state index in [9.17, 15) is 24.6 Å². The van der Waals surface area contributed by atoms with Gasteiger partial charge in [-0.05, 0) is 51.5 Å². The first-order chi connectivity index (χ1) is 14.1. The average Bonchev–Trinajstić information content (AvgIpc) is 3.18. The molecular formula is C22H32N2O6. The first kappa shape index (κ1) is 23.7. The Morgan fingerprint density at radius 3 is 2.23 bits per heavy atom. The Morgan fingerprint density at radius 1 is 1.10 bits per heavy atom. The van der Waals surface area contributed by atoms with Gasteiger partial charge < -0.3 is 25.6 Å². The lowest BCUT2D eigenvalue weighted by Gasteiger charge is -2.28. The third-order valence-corrected chi connectivity index (χ3v) is 5.09. The van der Waals surface area contributed by atoms with Crippen molar-refractivity contribution in [1.29, 1.82) is 0 Å². The topological polar surface area (TPSA) is 125 Å². The fourth-order valence-electron chi connectivity index (χ4n) is 3.66. The van der Waals surface area contributed by atoms with Gasteiger partial charge in [-0.25, -0.2) is 9.59 Å². The highest BCUT2D eigenvalue weighted by molar-refractivity contribution is 5.87. The summed E-state index contributed by atoms with van der Waals surface area (Å²) in [5, 5.41) is 25.2. The van der Waals surface area contributed by atoms with Crippen molar-refractivity contribution in [3.05, 3.63) is 35.9 Å². The number of alkyl carbamates (subject to hydrolysis) is 1. The van der Waals surface area contributed by atoms with Gasteiger partial charge in [-0.3, -0.25) is 4.79 Å². The summed E-state index contributed by atoms with van der Waals surface area (Å²) in [6, 6.07) is 7.04. The second-order valence-corrected chi connectivity index (χ2v) is 8.76. The summed E-state index contributed by atoms with van der Waals surface area (Å²) in [4.78, 5) is 36.6. The van der Waals surface area contributed by atoms with Gasteiger partial charge in [0, 0.05) is 0 Å². The Balaban J connectivity index is 2.12. The van der Waals surface area contributed by atoms with E-state index in [0.717, 1.165) is 31.2 Å². The molecule has 1 aromatic carbocycles. The molecule has 0 heterocycles. The van der Waals surface area contributed by atoms with Crippen molar-refractivity contribution in [2.45, 2.75) is 76.7 Å². The molecule has 166 valence electrons. The van der Waals surface area contributed by atoms with Gasteiger partial charge in [0.2, 0.25) is 0 Å². The SMILES string of the molecule is CC(C)(C)OC(=O)N[C@H](Cc1ccccc1)[C@H](O)C(=O)N[C@H](C(=O)O)C1CCCC1. The summed E-state index contributed by atoms with van der Waals surface area (Å²) < 4.78 is 5.25. The number of carbonyl (C=O) groups excluding carboxylic acids is 2. The van der Waals surface area contributed by atoms with Gasteiger partial charge >= 0.3 is 12.1 Å². The predicted octanol–water partition coefficient (Wildman–Crippen LogP) is 2.24. The number of benzene rings is 1. The number of nitrogens with one attached hydrogen (secondary N) is 2. The molecule has 2 rings (SSSR count). The second-order valence-electron chi connectivity index (χ2n) is 8.76. The molecule has 1 saturated carbocycles. The number of rotatable bonds is 8. The number of aliphatic hydroxyl groups excluding tert-OH is 1. The van der Waals surface area contributed by atoms with Crippen LogP contribution in [0.2, 0.25) is 0 Å². The number of carbonyl (C=O) groups is 3. The van der Waals surface area contributed by atoms with Crippen molar-refractivity contribution in [1.82, 2.24) is 10.6 Å². The zero-order valence-electron chi connectivity index (χ0n) is 17.8. The van der Waals surface area contributed by atoms with Crippen LogP contribution in [0, 0.1) is 5.92 Å². The predicted molar refractivity (Wildman–Crippen MR) is 111 cm³/mol. The molecular weight excluding hydrogens is 388 g/mol. The smallest absolute Gasteiger partial charge is 0.407 e. The van der Waals surface area contributed by atoms with Crippen molar-refractivity contribution in [3.63, 3.8) is 0 Å². The number of carboxylic acids is 1. The monoisotopic (exact) mass is 420 g/mol. The van der Waals surface area contributed by atoms with E-state index in [1.165, 1.54) is 0 Å². The van der Waals surface area contributed by atoms with Crippen molar-refractivity contribution in [3.8, 4) is 0 Å². The van der Waals surface area contributed by atoms with Gasteiger partial charge in [0.1, 0.15) is 11.6 Å². The van der Waals surface area contributed by atoms with Gasteiger partial charge in [0.15, 0.2) is 6.10 Å². The molecule has 1 aromatic rings. The third-order valence-electron chi connectivity index (χ3n) is 5.09. The van der Waals surface area contributed by atoms with E-state index in [1.54, 1.807) is 20.8 Å². The maximum Gasteiger partial charge on any atom is 0.407 e. The van der Waals surface area contributed by atoms with Gasteiger partial charge in [-0.1, -0.05) is 43.2 Å². The first-order valence-corrected chi connectivity index (χ1v) is 10.3. The van der Waals surface area contributed by atoms with Crippen molar-refractivity contribution < 1.29 is 29.3 Å². The lowest BCUT2D eigenvalue weighted by Crippen LogP contribution is -2.56. The Morgan fingerprint density at radius 2 is 1.70 bits per heavy atom. The fourth-order valence-corrected chi connectivity index (χ4v) is 3.66. The highest BCUT2D eigenvalue weighted by atomic mass is 16.6. The Kier molecular flexibility index (Phi) is 8.23. The maximum absolute atomic E-state index is 12.7. The second kappa shape index (κ2) is 10.4. The molecule has 3 atom stereocenters. The van der Waals surface area contributed by atoms with Crippen LogP contribution in [-0.2, 0) is 20.7 Å². The standard InChI is InChI=1S/C22H32N2O6/c1-22(2,3)30-21(29)23-16(13-14-9-5-4-6-10-14)18(25)19(26)24-17(20(27)28)15-11-7-8-12-15/h4-6,9-10,15-18,25H,7-8,11-13H2,1-3H3,(H,23,29)(H,24,26)(H,27,28)/t16-,17+,18+/m1/s1. The molecule has 0 aromatic heterocycles. The number of aliphatic carboxylic acids is 1. The molecule has 0 unspecified atom stereocenters. The van der Waals surface area contributed by atoms with E-state index in [0.29, 0.717) is 0 Å². The molecule has 1 aliphatic carbocycles. The molecule has 4 N–H and O–H groups in total. The van der Waals surface area contributed by atoms with Crippen LogP contribution in [0.4, 0.5) is 4.79 Å². The summed E-state index contributed by atoms with van der Waals surface area (Å²) in [6.07, 6.45) is 1.05. The van der Waals surface area contributed by atoms with Crippen molar-refractivity contribution in [2.24, 2.45) is 5.92 Å². The maximum atomic E-state index is 12.7. The van der Waals surface area contributed by atoms with Crippen LogP contribution in [0.5, 0.6) is 0 Å². The van der Waals surface area contributed by atoms with Crippen LogP contribution in [-0.4, -0.2) is 52.0 Å². The summed E-state index contributed by atoms with van der Waals surface area (Å²) in [6.45, 7) is 5.13. The molecule has 1 aliphatic rings. The van der Waals surface area contributed by atoms with Crippen LogP contribution in [0.25, 0.3) is 0 Å². The Bertz CT molecular complexity index is 725. The van der Waals surface area contributed by atoms with E-state index in [-0.39, 0.29) is 12.3 Å². The molecule has 8 nitrogen and oxygen atoms in total. The summed E-state index contributed by atoms with van der Waals surface area (Å²) in [7, 11) is 0. The van der Waals surface area contributed by atoms with Gasteiger partial charge in [-0.2, -0.15) is 0 Å². The molecule has 0 aliphatic heterocycles. The minimum absolute atomic E-state index is 0.162. The van der Waals surface area contributed by atoms with Crippen molar-refractivity contribution in [2.75, 3.05) is 0 Å². The van der Waals surface area contributed by atoms with Gasteiger partial charge in [-0.15, -0.1) is 0 Å². The molecule has 1 fully saturated rings. The van der Waals surface area contributed by atoms with Crippen molar-refractivity contribution >= 4 is 18.0 Å². The highest BCUT2D eigenvalue weighted by Gasteiger charge is 2.36. The molecule has 8 heteroatoms. The van der Waals surface area contributed by atoms with E-state index >= 15 is 0 Å². The number of carboxylic acid groups (broad SMARTS) is 1. The molecule has 0 saturated heterocycles. The molecule has 30 heavy (non-hydrogen) atoms. The number of hydrogen-bond donors (Lipinski definition) is 4. The van der Waals surface area contributed by atoms with Crippen LogP contribution < -0.4 is 10.6 Å². The zero-order chi connectivity index (χ0) is 22.3. The van der Waals surface area contributed by atoms with Crippen LogP contribution in [0.3, 0.4) is 0 Å².